The van der Waals surface area contributed by atoms with Gasteiger partial charge in [-0.05, 0) is 93.1 Å². The van der Waals surface area contributed by atoms with Crippen molar-refractivity contribution in [1.29, 1.82) is 0 Å². The van der Waals surface area contributed by atoms with Crippen molar-refractivity contribution < 1.29 is 86.3 Å². The molecule has 0 amide bonds. The first kappa shape index (κ1) is 63.5. The SMILES string of the molecule is CO[C@H]1C[C@H]2C=C[C@H]3[C@H]4O[C@]2(/C(C)=C/[C@@H](C)[C@@H]([C@@H](C)OC(=O)CCl)OC1=O)[C@@H]3[C@H](O)[C@@H](C)[C@H]4OC(=O)c1cc(C(Cl)c2ccc(C(=O)O[C@H](C)[C@H]3OC(=O)[C@@H](OC)CC4C=C[C@H]5[C@H]6O[C@]4(/C(C)=C/[C@H]3C)[C@@H]5[C@H](O)[C@@H](C)[C@H]6OC(=O)c3ccc[nH]3)cc2)c[nH]1. The summed E-state index contributed by atoms with van der Waals surface area (Å²) in [6, 6.07) is 11.4. The zero-order valence-electron chi connectivity index (χ0n) is 50.7. The topological polar surface area (TPSA) is 267 Å². The van der Waals surface area contributed by atoms with Gasteiger partial charge in [0.2, 0.25) is 0 Å². The van der Waals surface area contributed by atoms with Crippen molar-refractivity contribution in [2.45, 2.75) is 158 Å². The van der Waals surface area contributed by atoms with E-state index in [1.807, 2.05) is 78.0 Å². The van der Waals surface area contributed by atoms with Gasteiger partial charge in [-0.1, -0.05) is 76.3 Å². The van der Waals surface area contributed by atoms with Gasteiger partial charge in [0.25, 0.3) is 0 Å². The number of carbonyl (C=O) groups is 6. The number of aliphatic hydroxyl groups excluding tert-OH is 2. The highest BCUT2D eigenvalue weighted by molar-refractivity contribution is 6.26. The number of aromatic nitrogens is 2. The van der Waals surface area contributed by atoms with E-state index in [1.54, 1.807) is 68.7 Å². The highest BCUT2D eigenvalue weighted by Crippen LogP contribution is 2.63. The van der Waals surface area contributed by atoms with E-state index in [-0.39, 0.29) is 47.5 Å². The number of alkyl halides is 2. The van der Waals surface area contributed by atoms with E-state index in [9.17, 15) is 39.0 Å². The van der Waals surface area contributed by atoms with Gasteiger partial charge in [0.1, 0.15) is 77.3 Å². The monoisotopic (exact) mass is 1260 g/mol. The molecule has 4 fully saturated rings. The lowest BCUT2D eigenvalue weighted by atomic mass is 9.57. The minimum Gasteiger partial charge on any atom is -0.458 e. The number of nitrogens with one attached hydrogen (secondary N) is 2. The Morgan fingerprint density at radius 1 is 0.670 bits per heavy atom. The van der Waals surface area contributed by atoms with Crippen LogP contribution in [0.15, 0.2) is 102 Å². The van der Waals surface area contributed by atoms with Crippen LogP contribution in [0.5, 0.6) is 0 Å². The Labute approximate surface area is 520 Å². The van der Waals surface area contributed by atoms with Crippen LogP contribution in [0.25, 0.3) is 0 Å². The summed E-state index contributed by atoms with van der Waals surface area (Å²) in [5.74, 6) is -8.85. The Bertz CT molecular complexity index is 3270. The number of aromatic amines is 2. The number of carbonyl (C=O) groups excluding carboxylic acids is 6. The second-order valence-electron chi connectivity index (χ2n) is 25.4. The molecule has 2 aromatic heterocycles. The molecule has 4 aliphatic heterocycles. The van der Waals surface area contributed by atoms with Crippen LogP contribution >= 0.6 is 23.2 Å². The van der Waals surface area contributed by atoms with E-state index in [0.717, 1.165) is 11.1 Å². The van der Waals surface area contributed by atoms with E-state index in [2.05, 4.69) is 9.97 Å². The molecule has 20 nitrogen and oxygen atoms in total. The van der Waals surface area contributed by atoms with Crippen LogP contribution in [0.4, 0.5) is 0 Å². The molecule has 2 unspecified atom stereocenters. The molecule has 6 heterocycles. The number of ether oxygens (including phenoxy) is 10. The Morgan fingerprint density at radius 2 is 1.16 bits per heavy atom. The molecule has 22 heteroatoms. The summed E-state index contributed by atoms with van der Waals surface area (Å²) in [5.41, 5.74) is 1.03. The number of esters is 6. The molecule has 1 aromatic carbocycles. The number of cyclic esters (lactones) is 2. The number of methoxy groups -OCH3 is 2. The maximum atomic E-state index is 14.2. The van der Waals surface area contributed by atoms with Gasteiger partial charge in [0.15, 0.2) is 12.2 Å². The third kappa shape index (κ3) is 10.9. The van der Waals surface area contributed by atoms with E-state index < -0.39 is 173 Å². The molecule has 88 heavy (non-hydrogen) atoms. The van der Waals surface area contributed by atoms with Gasteiger partial charge in [0.05, 0.1) is 23.1 Å². The number of hydrogen-bond acceptors (Lipinski definition) is 18. The highest BCUT2D eigenvalue weighted by Gasteiger charge is 2.71. The van der Waals surface area contributed by atoms with Gasteiger partial charge in [-0.2, -0.15) is 0 Å². The van der Waals surface area contributed by atoms with Gasteiger partial charge in [0, 0.05) is 85.8 Å². The van der Waals surface area contributed by atoms with Crippen LogP contribution in [-0.2, 0) is 61.8 Å². The molecule has 2 saturated heterocycles. The fourth-order valence-electron chi connectivity index (χ4n) is 16.1. The quantitative estimate of drug-likeness (QED) is 0.0514. The molecular weight excluding hydrogens is 1180 g/mol. The second kappa shape index (κ2) is 24.9. The first-order chi connectivity index (χ1) is 42.0. The van der Waals surface area contributed by atoms with Crippen LogP contribution in [-0.4, -0.2) is 161 Å². The zero-order chi connectivity index (χ0) is 63.0. The fourth-order valence-corrected chi connectivity index (χ4v) is 16.4. The van der Waals surface area contributed by atoms with E-state index >= 15 is 0 Å². The van der Waals surface area contributed by atoms with Crippen LogP contribution in [0.2, 0.25) is 0 Å². The van der Waals surface area contributed by atoms with Crippen molar-refractivity contribution in [3.8, 4) is 0 Å². The minimum atomic E-state index is -1.14. The third-order valence-corrected chi connectivity index (χ3v) is 21.1. The van der Waals surface area contributed by atoms with Crippen molar-refractivity contribution in [3.63, 3.8) is 0 Å². The van der Waals surface area contributed by atoms with Gasteiger partial charge in [-0.25, -0.2) is 24.0 Å². The molecule has 8 aliphatic rings. The van der Waals surface area contributed by atoms with Gasteiger partial charge < -0.3 is 67.5 Å². The van der Waals surface area contributed by atoms with Gasteiger partial charge in [-0.15, -0.1) is 23.2 Å². The summed E-state index contributed by atoms with van der Waals surface area (Å²) in [6.45, 7) is 14.5. The predicted molar refractivity (Wildman–Crippen MR) is 316 cm³/mol. The Kier molecular flexibility index (Phi) is 18.0. The fraction of sp³-hybridized carbons (Fsp3) is 0.576. The van der Waals surface area contributed by atoms with E-state index in [4.69, 9.17) is 70.6 Å². The lowest BCUT2D eigenvalue weighted by molar-refractivity contribution is -0.178. The zero-order valence-corrected chi connectivity index (χ0v) is 52.3. The molecular formula is C66H78Cl2N2O18. The van der Waals surface area contributed by atoms with Crippen molar-refractivity contribution in [3.05, 3.63) is 131 Å². The molecule has 25 atom stereocenters. The summed E-state index contributed by atoms with van der Waals surface area (Å²) >= 11 is 12.8. The maximum absolute atomic E-state index is 14.2. The summed E-state index contributed by atoms with van der Waals surface area (Å²) in [4.78, 5) is 87.4. The lowest BCUT2D eigenvalue weighted by Crippen LogP contribution is -2.57. The third-order valence-electron chi connectivity index (χ3n) is 20.4. The summed E-state index contributed by atoms with van der Waals surface area (Å²) in [5, 5.41) is 23.7. The van der Waals surface area contributed by atoms with Crippen LogP contribution in [0, 0.1) is 59.2 Å². The van der Waals surface area contributed by atoms with Crippen molar-refractivity contribution in [2.24, 2.45) is 59.2 Å². The van der Waals surface area contributed by atoms with E-state index in [0.29, 0.717) is 11.1 Å². The lowest BCUT2D eigenvalue weighted by Gasteiger charge is -2.48. The Morgan fingerprint density at radius 3 is 1.62 bits per heavy atom. The first-order valence-corrected chi connectivity index (χ1v) is 31.3. The largest absolute Gasteiger partial charge is 0.458 e. The summed E-state index contributed by atoms with van der Waals surface area (Å²) in [6.07, 6.45) is 4.68. The number of rotatable bonds is 14. The molecule has 11 rings (SSSR count). The molecule has 3 aromatic rings. The first-order valence-electron chi connectivity index (χ1n) is 30.3. The molecule has 4 aliphatic carbocycles. The summed E-state index contributed by atoms with van der Waals surface area (Å²) in [7, 11) is 2.84. The molecule has 4 N–H and O–H groups in total. The number of benzene rings is 1. The number of halogens is 2. The smallest absolute Gasteiger partial charge is 0.355 e. The molecule has 8 bridgehead atoms. The standard InChI is InChI=1S/C66H78Cl2N2O18/c1-29-22-31(3)65-40(25-46(79-9)63(77)83-54(29)35(7)81-48(71)27-67)18-20-43-50(65)53(73)34(6)57(59(43)88-65)86-62(76)45-24-39(28-70-45)51(68)37-13-15-38(16-14-37)60(74)82-36(8)55-30(2)23-32(4)66-41(26-47(80-10)64(78)84-55)17-19-42-49(66)52(72)33(5)56(58(42)87-66)85-61(75)44-12-11-21-69-44/h11-24,28-30,33-36,40-43,46-47,49-59,69-70,72-73H,25-27H2,1-10H3/b31-22+,32-23+/t29-,30-,33-,34-,35-,36-,40-,41?,42-,43-,46+,47+,49+,50+,51?,52-,53-,54+,55+,56-,57-,58-,59-,65+,66+/m1/s1. The van der Waals surface area contributed by atoms with Crippen LogP contribution in [0.3, 0.4) is 0 Å². The van der Waals surface area contributed by atoms with Crippen LogP contribution in [0.1, 0.15) is 116 Å². The molecule has 2 saturated carbocycles. The number of hydrogen-bond donors (Lipinski definition) is 4. The second-order valence-corrected chi connectivity index (χ2v) is 26.1. The van der Waals surface area contributed by atoms with Gasteiger partial charge in [-0.3, -0.25) is 4.79 Å². The highest BCUT2D eigenvalue weighted by atomic mass is 35.5. The Balaban J connectivity index is 0.762. The number of aliphatic hydroxyl groups is 2. The van der Waals surface area contributed by atoms with Crippen molar-refractivity contribution in [1.82, 2.24) is 9.97 Å². The molecule has 0 radical (unpaired) electrons. The van der Waals surface area contributed by atoms with Gasteiger partial charge >= 0.3 is 35.8 Å². The van der Waals surface area contributed by atoms with Crippen molar-refractivity contribution in [2.75, 3.05) is 20.1 Å². The minimum absolute atomic E-state index is 0.105. The normalized spacial score (nSPS) is 40.3. The predicted octanol–water partition coefficient (Wildman–Crippen LogP) is 8.10. The van der Waals surface area contributed by atoms with Crippen molar-refractivity contribution >= 4 is 59.0 Å². The molecule has 2 spiro atoms. The molecule has 474 valence electrons. The maximum Gasteiger partial charge on any atom is 0.355 e. The average molecular weight is 1260 g/mol. The Hall–Kier alpha value is -6.10. The summed E-state index contributed by atoms with van der Waals surface area (Å²) < 4.78 is 62.0. The number of H-pyrrole nitrogens is 2. The average Bonchev–Trinajstić information content (AvgIpc) is 1.53. The van der Waals surface area contributed by atoms with Crippen LogP contribution < -0.4 is 0 Å². The van der Waals surface area contributed by atoms with E-state index in [1.165, 1.54) is 14.2 Å².